The van der Waals surface area contributed by atoms with Gasteiger partial charge in [-0.3, -0.25) is 9.59 Å². The number of alkyl halides is 3. The van der Waals surface area contributed by atoms with E-state index in [0.717, 1.165) is 0 Å². The normalized spacial score (nSPS) is 11.1. The van der Waals surface area contributed by atoms with Gasteiger partial charge in [0.1, 0.15) is 5.75 Å². The van der Waals surface area contributed by atoms with Crippen LogP contribution in [0.3, 0.4) is 0 Å². The van der Waals surface area contributed by atoms with Crippen LogP contribution in [-0.4, -0.2) is 24.5 Å². The van der Waals surface area contributed by atoms with Crippen LogP contribution in [0.5, 0.6) is 5.75 Å². The molecule has 0 radical (unpaired) electrons. The van der Waals surface area contributed by atoms with Crippen molar-refractivity contribution in [2.45, 2.75) is 19.0 Å². The SMILES string of the molecule is O=C(CCC(=O)c1ccc(Cl)cc1)Nc1ccccc1OCC(F)(F)F. The third-order valence-electron chi connectivity index (χ3n) is 3.30. The number of nitrogens with one attached hydrogen (secondary N) is 1. The monoisotopic (exact) mass is 385 g/mol. The molecule has 2 aromatic carbocycles. The average molecular weight is 386 g/mol. The molecule has 0 heterocycles. The van der Waals surface area contributed by atoms with E-state index in [1.807, 2.05) is 0 Å². The molecule has 0 atom stereocenters. The summed E-state index contributed by atoms with van der Waals surface area (Å²) in [4.78, 5) is 24.0. The van der Waals surface area contributed by atoms with Gasteiger partial charge in [-0.2, -0.15) is 13.2 Å². The molecule has 26 heavy (non-hydrogen) atoms. The molecular formula is C18H15ClF3NO3. The van der Waals surface area contributed by atoms with Crippen molar-refractivity contribution >= 4 is 29.0 Å². The van der Waals surface area contributed by atoms with Crippen LogP contribution in [0.1, 0.15) is 23.2 Å². The lowest BCUT2D eigenvalue weighted by Gasteiger charge is -2.13. The first-order valence-electron chi connectivity index (χ1n) is 7.62. The first kappa shape index (κ1) is 19.8. The second kappa shape index (κ2) is 8.71. The summed E-state index contributed by atoms with van der Waals surface area (Å²) < 4.78 is 41.5. The summed E-state index contributed by atoms with van der Waals surface area (Å²) >= 11 is 5.75. The van der Waals surface area contributed by atoms with Gasteiger partial charge in [-0.05, 0) is 36.4 Å². The minimum atomic E-state index is -4.48. The van der Waals surface area contributed by atoms with Gasteiger partial charge >= 0.3 is 6.18 Å². The van der Waals surface area contributed by atoms with Gasteiger partial charge in [-0.25, -0.2) is 0 Å². The van der Waals surface area contributed by atoms with E-state index in [4.69, 9.17) is 11.6 Å². The second-order valence-electron chi connectivity index (χ2n) is 5.38. The predicted octanol–water partition coefficient (Wildman–Crippen LogP) is 4.88. The molecule has 2 rings (SSSR count). The molecule has 0 spiro atoms. The van der Waals surface area contributed by atoms with E-state index in [2.05, 4.69) is 10.1 Å². The highest BCUT2D eigenvalue weighted by Crippen LogP contribution is 2.26. The fourth-order valence-electron chi connectivity index (χ4n) is 2.08. The Morgan fingerprint density at radius 1 is 1.00 bits per heavy atom. The maximum Gasteiger partial charge on any atom is 0.422 e. The van der Waals surface area contributed by atoms with E-state index in [1.165, 1.54) is 18.2 Å². The summed E-state index contributed by atoms with van der Waals surface area (Å²) in [6, 6.07) is 12.0. The molecule has 0 saturated carbocycles. The van der Waals surface area contributed by atoms with Gasteiger partial charge in [-0.1, -0.05) is 23.7 Å². The number of halogens is 4. The Labute approximate surface area is 152 Å². The van der Waals surface area contributed by atoms with Crippen LogP contribution in [0.2, 0.25) is 5.02 Å². The Bertz CT molecular complexity index is 776. The summed E-state index contributed by atoms with van der Waals surface area (Å²) in [7, 11) is 0. The van der Waals surface area contributed by atoms with E-state index in [-0.39, 0.29) is 30.1 Å². The Morgan fingerprint density at radius 2 is 1.65 bits per heavy atom. The number of rotatable bonds is 7. The lowest BCUT2D eigenvalue weighted by molar-refractivity contribution is -0.153. The number of benzene rings is 2. The molecular weight excluding hydrogens is 371 g/mol. The zero-order valence-electron chi connectivity index (χ0n) is 13.5. The van der Waals surface area contributed by atoms with Gasteiger partial charge in [0, 0.05) is 23.4 Å². The summed E-state index contributed by atoms with van der Waals surface area (Å²) in [5.74, 6) is -0.837. The fourth-order valence-corrected chi connectivity index (χ4v) is 2.20. The molecule has 4 nitrogen and oxygen atoms in total. The Hall–Kier alpha value is -2.54. The summed E-state index contributed by atoms with van der Waals surface area (Å²) in [5.41, 5.74) is 0.539. The van der Waals surface area contributed by atoms with Crippen molar-refractivity contribution in [1.82, 2.24) is 0 Å². The molecule has 2 aromatic rings. The molecule has 0 fully saturated rings. The number of Topliss-reactive ketones (excluding diaryl/α,β-unsaturated/α-hetero) is 1. The number of amides is 1. The topological polar surface area (TPSA) is 55.4 Å². The number of ketones is 1. The first-order valence-corrected chi connectivity index (χ1v) is 7.99. The van der Waals surface area contributed by atoms with Crippen LogP contribution >= 0.6 is 11.6 Å². The van der Waals surface area contributed by atoms with Crippen molar-refractivity contribution in [3.8, 4) is 5.75 Å². The quantitative estimate of drug-likeness (QED) is 0.691. The van der Waals surface area contributed by atoms with Crippen LogP contribution in [0.4, 0.5) is 18.9 Å². The lowest BCUT2D eigenvalue weighted by atomic mass is 10.1. The standard InChI is InChI=1S/C18H15ClF3NO3/c19-13-7-5-12(6-8-13)15(24)9-10-17(25)23-14-3-1-2-4-16(14)26-11-18(20,21)22/h1-8H,9-11H2,(H,23,25). The molecule has 0 bridgehead atoms. The second-order valence-corrected chi connectivity index (χ2v) is 5.81. The summed E-state index contributed by atoms with van der Waals surface area (Å²) in [6.07, 6.45) is -4.64. The molecule has 0 unspecified atom stereocenters. The third kappa shape index (κ3) is 6.40. The minimum absolute atomic E-state index is 0.0426. The number of carbonyl (C=O) groups is 2. The van der Waals surface area contributed by atoms with Crippen LogP contribution < -0.4 is 10.1 Å². The number of ether oxygens (including phenoxy) is 1. The van der Waals surface area contributed by atoms with Gasteiger partial charge in [0.05, 0.1) is 5.69 Å². The van der Waals surface area contributed by atoms with Crippen molar-refractivity contribution in [2.75, 3.05) is 11.9 Å². The van der Waals surface area contributed by atoms with Gasteiger partial charge in [0.25, 0.3) is 0 Å². The Balaban J connectivity index is 1.91. The van der Waals surface area contributed by atoms with E-state index < -0.39 is 18.7 Å². The van der Waals surface area contributed by atoms with Crippen molar-refractivity contribution in [3.63, 3.8) is 0 Å². The van der Waals surface area contributed by atoms with Gasteiger partial charge < -0.3 is 10.1 Å². The zero-order chi connectivity index (χ0) is 19.2. The van der Waals surface area contributed by atoms with Crippen LogP contribution in [0, 0.1) is 0 Å². The highest BCUT2D eigenvalue weighted by Gasteiger charge is 2.28. The predicted molar refractivity (Wildman–Crippen MR) is 91.6 cm³/mol. The average Bonchev–Trinajstić information content (AvgIpc) is 2.59. The Kier molecular flexibility index (Phi) is 6.63. The first-order chi connectivity index (χ1) is 12.2. The number of anilines is 1. The van der Waals surface area contributed by atoms with Crippen LogP contribution in [-0.2, 0) is 4.79 Å². The maximum absolute atomic E-state index is 12.3. The largest absolute Gasteiger partial charge is 0.482 e. The zero-order valence-corrected chi connectivity index (χ0v) is 14.2. The van der Waals surface area contributed by atoms with E-state index >= 15 is 0 Å². The molecule has 1 N–H and O–H groups in total. The van der Waals surface area contributed by atoms with Gasteiger partial charge in [0.2, 0.25) is 5.91 Å². The molecule has 0 aliphatic carbocycles. The third-order valence-corrected chi connectivity index (χ3v) is 3.55. The number of carbonyl (C=O) groups excluding carboxylic acids is 2. The number of hydrogen-bond donors (Lipinski definition) is 1. The lowest BCUT2D eigenvalue weighted by Crippen LogP contribution is -2.20. The number of para-hydroxylation sites is 2. The van der Waals surface area contributed by atoms with Crippen molar-refractivity contribution in [2.24, 2.45) is 0 Å². The minimum Gasteiger partial charge on any atom is -0.482 e. The summed E-state index contributed by atoms with van der Waals surface area (Å²) in [6.45, 7) is -1.46. The van der Waals surface area contributed by atoms with Crippen LogP contribution in [0.25, 0.3) is 0 Å². The Morgan fingerprint density at radius 3 is 2.31 bits per heavy atom. The molecule has 138 valence electrons. The van der Waals surface area contributed by atoms with Crippen molar-refractivity contribution in [3.05, 3.63) is 59.1 Å². The highest BCUT2D eigenvalue weighted by atomic mass is 35.5. The molecule has 0 aliphatic heterocycles. The van der Waals surface area contributed by atoms with E-state index in [9.17, 15) is 22.8 Å². The molecule has 0 aromatic heterocycles. The van der Waals surface area contributed by atoms with Crippen molar-refractivity contribution in [1.29, 1.82) is 0 Å². The van der Waals surface area contributed by atoms with Crippen LogP contribution in [0.15, 0.2) is 48.5 Å². The molecule has 1 amide bonds. The fraction of sp³-hybridized carbons (Fsp3) is 0.222. The smallest absolute Gasteiger partial charge is 0.422 e. The molecule has 0 saturated heterocycles. The van der Waals surface area contributed by atoms with E-state index in [0.29, 0.717) is 10.6 Å². The van der Waals surface area contributed by atoms with Gasteiger partial charge in [-0.15, -0.1) is 0 Å². The molecule has 8 heteroatoms. The van der Waals surface area contributed by atoms with Crippen molar-refractivity contribution < 1.29 is 27.5 Å². The highest BCUT2D eigenvalue weighted by molar-refractivity contribution is 6.30. The van der Waals surface area contributed by atoms with E-state index in [1.54, 1.807) is 30.3 Å². The molecule has 0 aliphatic rings. The number of hydrogen-bond acceptors (Lipinski definition) is 3. The maximum atomic E-state index is 12.3. The summed E-state index contributed by atoms with van der Waals surface area (Å²) in [5, 5.41) is 2.95. The van der Waals surface area contributed by atoms with Gasteiger partial charge in [0.15, 0.2) is 12.4 Å².